The van der Waals surface area contributed by atoms with Gasteiger partial charge < -0.3 is 9.47 Å². The lowest BCUT2D eigenvalue weighted by atomic mass is 10.1. The molecule has 4 heteroatoms. The second-order valence-corrected chi connectivity index (χ2v) is 3.74. The predicted molar refractivity (Wildman–Crippen MR) is 56.6 cm³/mol. The summed E-state index contributed by atoms with van der Waals surface area (Å²) >= 11 is 5.45. The van der Waals surface area contributed by atoms with Crippen LogP contribution in [0.25, 0.3) is 0 Å². The first-order valence-corrected chi connectivity index (χ1v) is 5.44. The zero-order valence-electron chi connectivity index (χ0n) is 8.92. The number of methoxy groups -OCH3 is 1. The van der Waals surface area contributed by atoms with Gasteiger partial charge in [0.05, 0.1) is 6.61 Å². The van der Waals surface area contributed by atoms with Crippen molar-refractivity contribution >= 4 is 17.6 Å². The molecule has 0 aliphatic heterocycles. The minimum absolute atomic E-state index is 0.157. The molecule has 0 spiro atoms. The highest BCUT2D eigenvalue weighted by atomic mass is 35.5. The highest BCUT2D eigenvalue weighted by molar-refractivity contribution is 6.17. The number of halogens is 1. The normalized spacial score (nSPS) is 12.5. The fourth-order valence-corrected chi connectivity index (χ4v) is 1.05. The molecule has 0 fully saturated rings. The van der Waals surface area contributed by atoms with E-state index < -0.39 is 0 Å². The highest BCUT2D eigenvalue weighted by Crippen LogP contribution is 2.04. The van der Waals surface area contributed by atoms with Crippen molar-refractivity contribution in [2.75, 3.05) is 26.2 Å². The maximum absolute atomic E-state index is 11.1. The van der Waals surface area contributed by atoms with E-state index in [1.807, 2.05) is 6.92 Å². The number of carbonyl (C=O) groups excluding carboxylic acids is 1. The number of ether oxygens (including phenoxy) is 2. The number of esters is 1. The van der Waals surface area contributed by atoms with Gasteiger partial charge >= 0.3 is 5.97 Å². The van der Waals surface area contributed by atoms with Crippen molar-refractivity contribution in [1.82, 2.24) is 0 Å². The van der Waals surface area contributed by atoms with Gasteiger partial charge in [-0.15, -0.1) is 11.6 Å². The molecule has 0 radical (unpaired) electrons. The molecule has 0 aromatic rings. The van der Waals surface area contributed by atoms with Crippen molar-refractivity contribution in [3.8, 4) is 0 Å². The van der Waals surface area contributed by atoms with Gasteiger partial charge in [-0.25, -0.2) is 0 Å². The molecule has 3 nitrogen and oxygen atoms in total. The van der Waals surface area contributed by atoms with E-state index in [4.69, 9.17) is 21.1 Å². The molecular weight excluding hydrogens is 204 g/mol. The lowest BCUT2D eigenvalue weighted by Crippen LogP contribution is -2.13. The third-order valence-electron chi connectivity index (χ3n) is 1.86. The van der Waals surface area contributed by atoms with Crippen LogP contribution in [-0.4, -0.2) is 32.2 Å². The van der Waals surface area contributed by atoms with Crippen molar-refractivity contribution in [1.29, 1.82) is 0 Å². The first kappa shape index (κ1) is 13.7. The Morgan fingerprint density at radius 3 is 2.79 bits per heavy atom. The topological polar surface area (TPSA) is 35.5 Å². The van der Waals surface area contributed by atoms with Gasteiger partial charge in [0.2, 0.25) is 0 Å². The van der Waals surface area contributed by atoms with E-state index in [0.29, 0.717) is 37.9 Å². The van der Waals surface area contributed by atoms with E-state index in [9.17, 15) is 4.79 Å². The van der Waals surface area contributed by atoms with Crippen LogP contribution in [0.2, 0.25) is 0 Å². The van der Waals surface area contributed by atoms with Gasteiger partial charge in [-0.3, -0.25) is 4.79 Å². The molecule has 0 rings (SSSR count). The largest absolute Gasteiger partial charge is 0.465 e. The van der Waals surface area contributed by atoms with E-state index in [0.717, 1.165) is 6.42 Å². The Labute approximate surface area is 90.7 Å². The van der Waals surface area contributed by atoms with Crippen LogP contribution < -0.4 is 0 Å². The maximum atomic E-state index is 11.1. The molecule has 0 saturated carbocycles. The van der Waals surface area contributed by atoms with Crippen LogP contribution in [0.15, 0.2) is 0 Å². The number of hydrogen-bond donors (Lipinski definition) is 0. The van der Waals surface area contributed by atoms with E-state index in [1.54, 1.807) is 7.11 Å². The average molecular weight is 223 g/mol. The summed E-state index contributed by atoms with van der Waals surface area (Å²) in [5.41, 5.74) is 0. The Morgan fingerprint density at radius 1 is 1.50 bits per heavy atom. The van der Waals surface area contributed by atoms with Crippen LogP contribution in [0, 0.1) is 5.92 Å². The van der Waals surface area contributed by atoms with Crippen LogP contribution in [0.1, 0.15) is 26.2 Å². The standard InChI is InChI=1S/C10H19ClO3/c1-9(5-7-13-2)8-14-10(12)4-3-6-11/h9H,3-8H2,1-2H3. The molecule has 0 aromatic carbocycles. The Bertz CT molecular complexity index is 150. The van der Waals surface area contributed by atoms with Crippen molar-refractivity contribution in [2.24, 2.45) is 5.92 Å². The number of carbonyl (C=O) groups is 1. The summed E-state index contributed by atoms with van der Waals surface area (Å²) in [5.74, 6) is 0.707. The SMILES string of the molecule is COCCC(C)COC(=O)CCCCl. The lowest BCUT2D eigenvalue weighted by Gasteiger charge is -2.11. The van der Waals surface area contributed by atoms with Crippen LogP contribution >= 0.6 is 11.6 Å². The van der Waals surface area contributed by atoms with Gasteiger partial charge in [0, 0.05) is 26.0 Å². The van der Waals surface area contributed by atoms with E-state index in [2.05, 4.69) is 0 Å². The Kier molecular flexibility index (Phi) is 9.10. The van der Waals surface area contributed by atoms with Crippen molar-refractivity contribution in [3.63, 3.8) is 0 Å². The van der Waals surface area contributed by atoms with Crippen molar-refractivity contribution < 1.29 is 14.3 Å². The first-order chi connectivity index (χ1) is 6.70. The zero-order valence-corrected chi connectivity index (χ0v) is 9.68. The average Bonchev–Trinajstić information content (AvgIpc) is 2.20. The number of hydrogen-bond acceptors (Lipinski definition) is 3. The molecule has 0 aliphatic carbocycles. The molecular formula is C10H19ClO3. The molecule has 0 amide bonds. The van der Waals surface area contributed by atoms with Gasteiger partial charge in [-0.05, 0) is 18.8 Å². The van der Waals surface area contributed by atoms with Crippen molar-refractivity contribution in [3.05, 3.63) is 0 Å². The summed E-state index contributed by atoms with van der Waals surface area (Å²) in [6, 6.07) is 0. The molecule has 0 aromatic heterocycles. The molecule has 84 valence electrons. The second kappa shape index (κ2) is 9.28. The van der Waals surface area contributed by atoms with Gasteiger partial charge in [0.15, 0.2) is 0 Å². The first-order valence-electron chi connectivity index (χ1n) is 4.91. The molecule has 0 N–H and O–H groups in total. The Hall–Kier alpha value is -0.280. The summed E-state index contributed by atoms with van der Waals surface area (Å²) in [4.78, 5) is 11.1. The predicted octanol–water partition coefficient (Wildman–Crippen LogP) is 2.22. The fourth-order valence-electron chi connectivity index (χ4n) is 0.921. The monoisotopic (exact) mass is 222 g/mol. The van der Waals surface area contributed by atoms with Gasteiger partial charge in [-0.2, -0.15) is 0 Å². The smallest absolute Gasteiger partial charge is 0.305 e. The lowest BCUT2D eigenvalue weighted by molar-refractivity contribution is -0.145. The molecule has 1 atom stereocenters. The van der Waals surface area contributed by atoms with E-state index in [1.165, 1.54) is 0 Å². The second-order valence-electron chi connectivity index (χ2n) is 3.36. The molecule has 0 heterocycles. The molecule has 0 aliphatic rings. The Morgan fingerprint density at radius 2 is 2.21 bits per heavy atom. The van der Waals surface area contributed by atoms with Gasteiger partial charge in [0.1, 0.15) is 0 Å². The van der Waals surface area contributed by atoms with Gasteiger partial charge in [-0.1, -0.05) is 6.92 Å². The summed E-state index contributed by atoms with van der Waals surface area (Å²) in [6.45, 7) is 3.22. The van der Waals surface area contributed by atoms with Crippen LogP contribution in [0.4, 0.5) is 0 Å². The van der Waals surface area contributed by atoms with Crippen LogP contribution in [-0.2, 0) is 14.3 Å². The maximum Gasteiger partial charge on any atom is 0.305 e. The zero-order chi connectivity index (χ0) is 10.8. The molecule has 1 unspecified atom stereocenters. The van der Waals surface area contributed by atoms with Gasteiger partial charge in [0.25, 0.3) is 0 Å². The molecule has 0 saturated heterocycles. The third-order valence-corrected chi connectivity index (χ3v) is 2.13. The van der Waals surface area contributed by atoms with Crippen LogP contribution in [0.5, 0.6) is 0 Å². The minimum atomic E-state index is -0.157. The summed E-state index contributed by atoms with van der Waals surface area (Å²) < 4.78 is 9.98. The van der Waals surface area contributed by atoms with Crippen LogP contribution in [0.3, 0.4) is 0 Å². The molecule has 0 bridgehead atoms. The number of rotatable bonds is 8. The molecule has 14 heavy (non-hydrogen) atoms. The Balaban J connectivity index is 3.36. The van der Waals surface area contributed by atoms with E-state index >= 15 is 0 Å². The van der Waals surface area contributed by atoms with E-state index in [-0.39, 0.29) is 5.97 Å². The summed E-state index contributed by atoms with van der Waals surface area (Å²) in [5, 5.41) is 0. The third kappa shape index (κ3) is 8.32. The summed E-state index contributed by atoms with van der Waals surface area (Å²) in [6.07, 6.45) is 2.02. The quantitative estimate of drug-likeness (QED) is 0.467. The minimum Gasteiger partial charge on any atom is -0.465 e. The number of alkyl halides is 1. The summed E-state index contributed by atoms with van der Waals surface area (Å²) in [7, 11) is 1.67. The van der Waals surface area contributed by atoms with Crippen molar-refractivity contribution in [2.45, 2.75) is 26.2 Å². The fraction of sp³-hybridized carbons (Fsp3) is 0.900. The highest BCUT2D eigenvalue weighted by Gasteiger charge is 2.06.